The van der Waals surface area contributed by atoms with Crippen LogP contribution in [0, 0.1) is 12.7 Å². The minimum Gasteiger partial charge on any atom is -0.348 e. The van der Waals surface area contributed by atoms with E-state index in [1.807, 2.05) is 33.8 Å². The van der Waals surface area contributed by atoms with E-state index in [0.29, 0.717) is 28.9 Å². The summed E-state index contributed by atoms with van der Waals surface area (Å²) in [6.07, 6.45) is 2.71. The van der Waals surface area contributed by atoms with E-state index in [1.54, 1.807) is 16.0 Å². The van der Waals surface area contributed by atoms with Gasteiger partial charge in [-0.2, -0.15) is 0 Å². The van der Waals surface area contributed by atoms with Gasteiger partial charge in [0.2, 0.25) is 5.95 Å². The van der Waals surface area contributed by atoms with Gasteiger partial charge in [-0.1, -0.05) is 0 Å². The Bertz CT molecular complexity index is 1200. The smallest absolute Gasteiger partial charge is 0.319 e. The van der Waals surface area contributed by atoms with E-state index in [1.165, 1.54) is 17.4 Å². The van der Waals surface area contributed by atoms with Crippen molar-refractivity contribution in [1.29, 1.82) is 0 Å². The van der Waals surface area contributed by atoms with Crippen LogP contribution in [0.5, 0.6) is 0 Å². The molecule has 0 aliphatic carbocycles. The lowest BCUT2D eigenvalue weighted by atomic mass is 10.1. The largest absolute Gasteiger partial charge is 0.348 e. The zero-order valence-electron chi connectivity index (χ0n) is 18.9. The number of fused-ring (bicyclic) bond motifs is 1. The highest BCUT2D eigenvalue weighted by Gasteiger charge is 2.31. The molecule has 1 aliphatic heterocycles. The van der Waals surface area contributed by atoms with Gasteiger partial charge < -0.3 is 20.4 Å². The predicted octanol–water partition coefficient (Wildman–Crippen LogP) is 3.54. The second-order valence-corrected chi connectivity index (χ2v) is 9.60. The average molecular weight is 472 g/mol. The first-order valence-electron chi connectivity index (χ1n) is 10.7. The summed E-state index contributed by atoms with van der Waals surface area (Å²) >= 11 is 1.45. The molecule has 0 radical (unpaired) electrons. The molecule has 0 saturated carbocycles. The molecule has 1 atom stereocenters. The molecule has 174 valence electrons. The number of urea groups is 1. The number of thiophene rings is 1. The number of hydrogen-bond acceptors (Lipinski definition) is 7. The van der Waals surface area contributed by atoms with Crippen LogP contribution in [0.1, 0.15) is 47.7 Å². The van der Waals surface area contributed by atoms with Crippen molar-refractivity contribution in [2.45, 2.75) is 39.8 Å². The lowest BCUT2D eigenvalue weighted by Crippen LogP contribution is -2.43. The van der Waals surface area contributed by atoms with Crippen molar-refractivity contribution in [3.63, 3.8) is 0 Å². The molecule has 4 heterocycles. The van der Waals surface area contributed by atoms with Crippen LogP contribution >= 0.6 is 11.3 Å². The molecule has 0 spiro atoms. The summed E-state index contributed by atoms with van der Waals surface area (Å²) in [6.45, 7) is 8.65. The standard InChI is InChI=1S/C22H26FN7O2S/c1-12(2)25-22(32)30-6-5-29(11-30)20(31)18-19-17(7-13(3)33-19)27-21(28-18)26-14(4)15-8-16(23)10-24-9-15/h7-10,12,14H,5-6,11H2,1-4H3,(H,25,32)(H,26,27,28)/t14-/m0/s1. The molecule has 0 unspecified atom stereocenters. The number of hydrogen-bond donors (Lipinski definition) is 2. The number of amides is 3. The minimum atomic E-state index is -0.429. The molecule has 3 aromatic heterocycles. The summed E-state index contributed by atoms with van der Waals surface area (Å²) in [5.41, 5.74) is 1.59. The van der Waals surface area contributed by atoms with Gasteiger partial charge in [0.1, 0.15) is 5.82 Å². The maximum absolute atomic E-state index is 13.6. The van der Waals surface area contributed by atoms with Crippen LogP contribution in [0.4, 0.5) is 15.1 Å². The number of aromatic nitrogens is 3. The molecule has 1 saturated heterocycles. The lowest BCUT2D eigenvalue weighted by molar-refractivity contribution is 0.0770. The molecule has 2 N–H and O–H groups in total. The summed E-state index contributed by atoms with van der Waals surface area (Å²) in [5, 5.41) is 6.00. The Labute approximate surface area is 195 Å². The Morgan fingerprint density at radius 1 is 1.12 bits per heavy atom. The van der Waals surface area contributed by atoms with Crippen LogP contribution in [0.2, 0.25) is 0 Å². The molecule has 1 aliphatic rings. The molecule has 0 aromatic carbocycles. The number of nitrogens with one attached hydrogen (secondary N) is 2. The topological polar surface area (TPSA) is 103 Å². The van der Waals surface area contributed by atoms with Crippen LogP contribution in [0.15, 0.2) is 24.5 Å². The Hall–Kier alpha value is -3.34. The first-order chi connectivity index (χ1) is 15.7. The van der Waals surface area contributed by atoms with E-state index in [9.17, 15) is 14.0 Å². The molecule has 3 amide bonds. The Balaban J connectivity index is 1.59. The van der Waals surface area contributed by atoms with E-state index in [0.717, 1.165) is 11.1 Å². The van der Waals surface area contributed by atoms with E-state index >= 15 is 0 Å². The highest BCUT2D eigenvalue weighted by Crippen LogP contribution is 2.29. The van der Waals surface area contributed by atoms with Crippen molar-refractivity contribution in [3.8, 4) is 0 Å². The molecule has 33 heavy (non-hydrogen) atoms. The Morgan fingerprint density at radius 2 is 1.88 bits per heavy atom. The third-order valence-electron chi connectivity index (χ3n) is 5.24. The van der Waals surface area contributed by atoms with Crippen molar-refractivity contribution < 1.29 is 14.0 Å². The van der Waals surface area contributed by atoms with Crippen LogP contribution < -0.4 is 10.6 Å². The van der Waals surface area contributed by atoms with Crippen LogP contribution in [0.3, 0.4) is 0 Å². The Morgan fingerprint density at radius 3 is 2.61 bits per heavy atom. The fourth-order valence-electron chi connectivity index (χ4n) is 3.61. The number of halogens is 1. The van der Waals surface area contributed by atoms with Gasteiger partial charge in [-0.05, 0) is 45.4 Å². The quantitative estimate of drug-likeness (QED) is 0.590. The zero-order chi connectivity index (χ0) is 23.7. The third kappa shape index (κ3) is 5.03. The molecule has 0 bridgehead atoms. The van der Waals surface area contributed by atoms with Gasteiger partial charge in [-0.3, -0.25) is 9.78 Å². The number of aryl methyl sites for hydroxylation is 1. The summed E-state index contributed by atoms with van der Waals surface area (Å²) in [4.78, 5) is 42.9. The van der Waals surface area contributed by atoms with E-state index < -0.39 is 5.82 Å². The van der Waals surface area contributed by atoms with E-state index in [4.69, 9.17) is 0 Å². The maximum Gasteiger partial charge on any atom is 0.319 e. The molecule has 9 nitrogen and oxygen atoms in total. The highest BCUT2D eigenvalue weighted by atomic mass is 32.1. The average Bonchev–Trinajstić information content (AvgIpc) is 3.38. The number of carbonyl (C=O) groups excluding carboxylic acids is 2. The van der Waals surface area contributed by atoms with Gasteiger partial charge in [0, 0.05) is 30.2 Å². The normalized spacial score (nSPS) is 14.7. The van der Waals surface area contributed by atoms with Gasteiger partial charge >= 0.3 is 6.03 Å². The number of rotatable bonds is 5. The number of nitrogens with zero attached hydrogens (tertiary/aromatic N) is 5. The molecular weight excluding hydrogens is 445 g/mol. The van der Waals surface area contributed by atoms with Crippen LogP contribution in [0.25, 0.3) is 10.2 Å². The molecule has 4 rings (SSSR count). The van der Waals surface area contributed by atoms with Crippen molar-refractivity contribution >= 4 is 39.4 Å². The second-order valence-electron chi connectivity index (χ2n) is 8.35. The monoisotopic (exact) mass is 471 g/mol. The summed E-state index contributed by atoms with van der Waals surface area (Å²) in [5.74, 6) is -0.414. The molecule has 1 fully saturated rings. The molecule has 3 aromatic rings. The second kappa shape index (κ2) is 9.26. The van der Waals surface area contributed by atoms with E-state index in [-0.39, 0.29) is 42.3 Å². The molecule has 11 heteroatoms. The van der Waals surface area contributed by atoms with Gasteiger partial charge in [0.25, 0.3) is 5.91 Å². The van der Waals surface area contributed by atoms with Gasteiger partial charge in [0.05, 0.1) is 29.1 Å². The Kier molecular flexibility index (Phi) is 6.41. The summed E-state index contributed by atoms with van der Waals surface area (Å²) in [6, 6.07) is 2.80. The minimum absolute atomic E-state index is 0.0155. The number of carbonyl (C=O) groups is 2. The number of pyridine rings is 1. The number of anilines is 1. The maximum atomic E-state index is 13.6. The van der Waals surface area contributed by atoms with Gasteiger partial charge in [0.15, 0.2) is 5.69 Å². The van der Waals surface area contributed by atoms with E-state index in [2.05, 4.69) is 25.6 Å². The first kappa shape index (κ1) is 22.8. The van der Waals surface area contributed by atoms with Gasteiger partial charge in [-0.25, -0.2) is 19.2 Å². The third-order valence-corrected chi connectivity index (χ3v) is 6.28. The fourth-order valence-corrected chi connectivity index (χ4v) is 4.54. The first-order valence-corrected chi connectivity index (χ1v) is 11.5. The van der Waals surface area contributed by atoms with Crippen molar-refractivity contribution in [1.82, 2.24) is 30.1 Å². The van der Waals surface area contributed by atoms with Crippen LogP contribution in [-0.2, 0) is 0 Å². The SMILES string of the molecule is Cc1cc2nc(N[C@@H](C)c3cncc(F)c3)nc(C(=O)N3CCN(C(=O)NC(C)C)C3)c2s1. The summed E-state index contributed by atoms with van der Waals surface area (Å²) in [7, 11) is 0. The van der Waals surface area contributed by atoms with Crippen molar-refractivity contribution in [3.05, 3.63) is 46.5 Å². The summed E-state index contributed by atoms with van der Waals surface area (Å²) < 4.78 is 14.3. The fraction of sp³-hybridized carbons (Fsp3) is 0.409. The molecular formula is C22H26FN7O2S. The van der Waals surface area contributed by atoms with Gasteiger partial charge in [-0.15, -0.1) is 11.3 Å². The predicted molar refractivity (Wildman–Crippen MR) is 125 cm³/mol. The van der Waals surface area contributed by atoms with Crippen LogP contribution in [-0.4, -0.2) is 62.5 Å². The van der Waals surface area contributed by atoms with Crippen molar-refractivity contribution in [2.75, 3.05) is 25.1 Å². The highest BCUT2D eigenvalue weighted by molar-refractivity contribution is 7.19. The van der Waals surface area contributed by atoms with Crippen molar-refractivity contribution in [2.24, 2.45) is 0 Å². The lowest BCUT2D eigenvalue weighted by Gasteiger charge is -2.20. The zero-order valence-corrected chi connectivity index (χ0v) is 19.7.